The molecule has 0 saturated heterocycles. The molecular weight excluding hydrogens is 508 g/mol. The van der Waals surface area contributed by atoms with E-state index in [1.54, 1.807) is 0 Å². The van der Waals surface area contributed by atoms with Crippen LogP contribution in [-0.4, -0.2) is 9.13 Å². The number of aromatic nitrogens is 2. The summed E-state index contributed by atoms with van der Waals surface area (Å²) in [5.74, 6) is 0. The summed E-state index contributed by atoms with van der Waals surface area (Å²) in [4.78, 5) is 0. The van der Waals surface area contributed by atoms with Crippen LogP contribution in [0.3, 0.4) is 0 Å². The van der Waals surface area contributed by atoms with E-state index in [9.17, 15) is 0 Å². The summed E-state index contributed by atoms with van der Waals surface area (Å²) in [5, 5.41) is 2.64. The molecule has 0 N–H and O–H groups in total. The van der Waals surface area contributed by atoms with Crippen LogP contribution in [0.2, 0.25) is 0 Å². The zero-order chi connectivity index (χ0) is 28.4. The zero-order valence-electron chi connectivity index (χ0n) is 24.4. The summed E-state index contributed by atoms with van der Waals surface area (Å²) in [5.41, 5.74) is 15.7. The van der Waals surface area contributed by atoms with Gasteiger partial charge in [-0.3, -0.25) is 0 Å². The van der Waals surface area contributed by atoms with Crippen LogP contribution < -0.4 is 0 Å². The van der Waals surface area contributed by atoms with E-state index in [1.807, 2.05) is 0 Å². The van der Waals surface area contributed by atoms with Crippen molar-refractivity contribution in [3.8, 4) is 33.6 Å². The second-order valence-electron chi connectivity index (χ2n) is 13.0. The topological polar surface area (TPSA) is 9.86 Å². The van der Waals surface area contributed by atoms with Crippen molar-refractivity contribution in [2.45, 2.75) is 38.5 Å². The molecule has 2 aromatic heterocycles. The highest BCUT2D eigenvalue weighted by atomic mass is 15.1. The molecule has 4 heterocycles. The molecule has 0 radical (unpaired) electrons. The molecule has 5 aromatic carbocycles. The van der Waals surface area contributed by atoms with Crippen molar-refractivity contribution >= 4 is 21.8 Å². The number of hydrogen-bond donors (Lipinski definition) is 0. The van der Waals surface area contributed by atoms with Crippen LogP contribution in [0.5, 0.6) is 0 Å². The lowest BCUT2D eigenvalue weighted by atomic mass is 9.76. The molecule has 202 valence electrons. The molecule has 42 heavy (non-hydrogen) atoms. The van der Waals surface area contributed by atoms with Gasteiger partial charge in [0.15, 0.2) is 0 Å². The van der Waals surface area contributed by atoms with Crippen LogP contribution in [0.25, 0.3) is 55.4 Å². The van der Waals surface area contributed by atoms with Crippen molar-refractivity contribution in [3.63, 3.8) is 0 Å². The lowest BCUT2D eigenvalue weighted by Gasteiger charge is -2.24. The SMILES string of the molecule is CC1(C)c2cc3c(cc2-n2c1c(-c1ccccc1)c1ccccc12)C(C)(C)c1c(-c2ccccc2)c2ccccc2n1-3. The maximum absolute atomic E-state index is 2.56. The Kier molecular flexibility index (Phi) is 4.50. The minimum atomic E-state index is -0.174. The summed E-state index contributed by atoms with van der Waals surface area (Å²) >= 11 is 0. The summed E-state index contributed by atoms with van der Waals surface area (Å²) in [6, 6.07) is 44.8. The van der Waals surface area contributed by atoms with Crippen molar-refractivity contribution < 1.29 is 0 Å². The van der Waals surface area contributed by atoms with Gasteiger partial charge < -0.3 is 9.13 Å². The van der Waals surface area contributed by atoms with E-state index in [0.29, 0.717) is 0 Å². The van der Waals surface area contributed by atoms with E-state index in [2.05, 4.69) is 158 Å². The quantitative estimate of drug-likeness (QED) is 0.206. The van der Waals surface area contributed by atoms with E-state index in [4.69, 9.17) is 0 Å². The molecule has 2 nitrogen and oxygen atoms in total. The largest absolute Gasteiger partial charge is 0.312 e. The van der Waals surface area contributed by atoms with E-state index >= 15 is 0 Å². The molecule has 0 spiro atoms. The van der Waals surface area contributed by atoms with Gasteiger partial charge >= 0.3 is 0 Å². The van der Waals surface area contributed by atoms with Gasteiger partial charge in [0, 0.05) is 44.1 Å². The Morgan fingerprint density at radius 1 is 0.429 bits per heavy atom. The first-order valence-corrected chi connectivity index (χ1v) is 15.0. The van der Waals surface area contributed by atoms with Crippen LogP contribution in [0.4, 0.5) is 0 Å². The van der Waals surface area contributed by atoms with Crippen LogP contribution in [0, 0.1) is 0 Å². The van der Waals surface area contributed by atoms with Crippen molar-refractivity contribution in [3.05, 3.63) is 144 Å². The maximum Gasteiger partial charge on any atom is 0.0538 e. The van der Waals surface area contributed by atoms with Gasteiger partial charge in [-0.05, 0) is 46.5 Å². The highest BCUT2D eigenvalue weighted by Crippen LogP contribution is 2.57. The molecule has 0 fully saturated rings. The van der Waals surface area contributed by atoms with Crippen molar-refractivity contribution in [2.75, 3.05) is 0 Å². The number of nitrogens with zero attached hydrogens (tertiary/aromatic N) is 2. The summed E-state index contributed by atoms with van der Waals surface area (Å²) in [6.45, 7) is 9.64. The Balaban J connectivity index is 1.38. The smallest absolute Gasteiger partial charge is 0.0538 e. The zero-order valence-corrected chi connectivity index (χ0v) is 24.4. The standard InChI is InChI=1S/C40H32N2/c1-39(2)29-23-34-30(24-33(29)41-31-21-13-11-19-27(31)35(37(39)41)25-15-7-5-8-16-25)40(3,4)38-36(26-17-9-6-10-18-26)28-20-12-14-22-32(28)42(34)38/h5-24H,1-4H3. The lowest BCUT2D eigenvalue weighted by molar-refractivity contribution is 0.644. The highest BCUT2D eigenvalue weighted by molar-refractivity contribution is 6.03. The second kappa shape index (κ2) is 7.92. The third-order valence-corrected chi connectivity index (χ3v) is 10.0. The minimum absolute atomic E-state index is 0.174. The molecule has 0 amide bonds. The van der Waals surface area contributed by atoms with Crippen LogP contribution >= 0.6 is 0 Å². The Morgan fingerprint density at radius 3 is 1.19 bits per heavy atom. The fourth-order valence-electron chi connectivity index (χ4n) is 8.16. The Hall–Kier alpha value is -4.82. The van der Waals surface area contributed by atoms with Gasteiger partial charge in [-0.15, -0.1) is 0 Å². The normalized spacial score (nSPS) is 15.5. The minimum Gasteiger partial charge on any atom is -0.312 e. The van der Waals surface area contributed by atoms with Gasteiger partial charge in [-0.1, -0.05) is 125 Å². The van der Waals surface area contributed by atoms with E-state index in [-0.39, 0.29) is 10.8 Å². The number of benzene rings is 5. The summed E-state index contributed by atoms with van der Waals surface area (Å²) < 4.78 is 5.13. The van der Waals surface area contributed by atoms with Gasteiger partial charge in [0.25, 0.3) is 0 Å². The monoisotopic (exact) mass is 540 g/mol. The van der Waals surface area contributed by atoms with Gasteiger partial charge in [0.05, 0.1) is 22.4 Å². The van der Waals surface area contributed by atoms with Crippen molar-refractivity contribution in [1.29, 1.82) is 0 Å². The molecule has 7 aromatic rings. The molecule has 0 bridgehead atoms. The Morgan fingerprint density at radius 2 is 0.786 bits per heavy atom. The first-order valence-electron chi connectivity index (χ1n) is 15.0. The predicted molar refractivity (Wildman–Crippen MR) is 175 cm³/mol. The molecule has 2 aliphatic rings. The van der Waals surface area contributed by atoms with E-state index < -0.39 is 0 Å². The number of fused-ring (bicyclic) bond motifs is 10. The number of hydrogen-bond acceptors (Lipinski definition) is 0. The van der Waals surface area contributed by atoms with Gasteiger partial charge in [0.2, 0.25) is 0 Å². The molecule has 0 aliphatic carbocycles. The Labute approximate surface area is 246 Å². The highest BCUT2D eigenvalue weighted by Gasteiger charge is 2.46. The van der Waals surface area contributed by atoms with Crippen LogP contribution in [0.1, 0.15) is 50.2 Å². The van der Waals surface area contributed by atoms with Crippen LogP contribution in [-0.2, 0) is 10.8 Å². The van der Waals surface area contributed by atoms with Crippen molar-refractivity contribution in [2.24, 2.45) is 0 Å². The van der Waals surface area contributed by atoms with Crippen LogP contribution in [0.15, 0.2) is 121 Å². The van der Waals surface area contributed by atoms with Gasteiger partial charge in [-0.2, -0.15) is 0 Å². The van der Waals surface area contributed by atoms with E-state index in [1.165, 1.54) is 77.9 Å². The summed E-state index contributed by atoms with van der Waals surface area (Å²) in [7, 11) is 0. The predicted octanol–water partition coefficient (Wildman–Crippen LogP) is 10.2. The first-order chi connectivity index (χ1) is 20.4. The molecule has 2 heteroatoms. The van der Waals surface area contributed by atoms with Gasteiger partial charge in [-0.25, -0.2) is 0 Å². The fourth-order valence-corrected chi connectivity index (χ4v) is 8.16. The molecular formula is C40H32N2. The second-order valence-corrected chi connectivity index (χ2v) is 13.0. The molecule has 9 rings (SSSR count). The molecule has 0 saturated carbocycles. The third kappa shape index (κ3) is 2.80. The number of rotatable bonds is 2. The molecule has 0 atom stereocenters. The average molecular weight is 541 g/mol. The Bertz CT molecular complexity index is 2060. The van der Waals surface area contributed by atoms with Crippen molar-refractivity contribution in [1.82, 2.24) is 9.13 Å². The maximum atomic E-state index is 2.56. The number of para-hydroxylation sites is 2. The molecule has 2 aliphatic heterocycles. The molecule has 0 unspecified atom stereocenters. The fraction of sp³-hybridized carbons (Fsp3) is 0.150. The lowest BCUT2D eigenvalue weighted by Crippen LogP contribution is -2.18. The first kappa shape index (κ1) is 23.8. The third-order valence-electron chi connectivity index (χ3n) is 10.0. The van der Waals surface area contributed by atoms with Gasteiger partial charge in [0.1, 0.15) is 0 Å². The average Bonchev–Trinajstić information content (AvgIpc) is 3.68. The van der Waals surface area contributed by atoms with E-state index in [0.717, 1.165) is 0 Å². The summed E-state index contributed by atoms with van der Waals surface area (Å²) in [6.07, 6.45) is 0.